The minimum absolute atomic E-state index is 0.151. The number of nitrogens with one attached hydrogen (secondary N) is 1. The molecule has 3 atom stereocenters. The fraction of sp³-hybridized carbons (Fsp3) is 0.636. The number of halogens is 3. The summed E-state index contributed by atoms with van der Waals surface area (Å²) in [5, 5.41) is 6.56. The van der Waals surface area contributed by atoms with E-state index in [2.05, 4.69) is 20.1 Å². The first kappa shape index (κ1) is 22.1. The van der Waals surface area contributed by atoms with E-state index in [1.807, 2.05) is 0 Å². The van der Waals surface area contributed by atoms with Crippen LogP contribution in [0.1, 0.15) is 43.1 Å². The Hall–Kier alpha value is -2.69. The maximum absolute atomic E-state index is 13.7. The molecule has 0 spiro atoms. The summed E-state index contributed by atoms with van der Waals surface area (Å²) < 4.78 is 47.3. The quantitative estimate of drug-likeness (QED) is 0.479. The number of hydrogen-bond acceptors (Lipinski definition) is 6. The number of methoxy groups -OCH3 is 1. The zero-order valence-corrected chi connectivity index (χ0v) is 18.1. The normalized spacial score (nSPS) is 26.6. The lowest BCUT2D eigenvalue weighted by molar-refractivity contribution is -0.206. The van der Waals surface area contributed by atoms with Crippen LogP contribution in [0.5, 0.6) is 0 Å². The Bertz CT molecular complexity index is 1080. The molecular formula is C22H26F3N5O3. The number of rotatable bonds is 7. The van der Waals surface area contributed by atoms with Crippen LogP contribution in [0.25, 0.3) is 5.65 Å². The molecule has 1 aliphatic heterocycles. The van der Waals surface area contributed by atoms with Crippen molar-refractivity contribution >= 4 is 17.5 Å². The molecule has 1 amide bonds. The molecule has 5 rings (SSSR count). The maximum atomic E-state index is 13.7. The molecule has 2 aliphatic carbocycles. The predicted molar refractivity (Wildman–Crippen MR) is 110 cm³/mol. The highest BCUT2D eigenvalue weighted by Gasteiger charge is 2.66. The van der Waals surface area contributed by atoms with Crippen LogP contribution in [0, 0.1) is 29.1 Å². The van der Waals surface area contributed by atoms with Crippen LogP contribution >= 0.6 is 0 Å². The number of esters is 1. The van der Waals surface area contributed by atoms with Gasteiger partial charge >= 0.3 is 12.1 Å². The molecule has 11 heteroatoms. The van der Waals surface area contributed by atoms with E-state index in [0.717, 1.165) is 7.11 Å². The number of carbonyl (C=O) groups is 2. The lowest BCUT2D eigenvalue weighted by atomic mass is 9.73. The van der Waals surface area contributed by atoms with Crippen molar-refractivity contribution in [3.05, 3.63) is 29.7 Å². The van der Waals surface area contributed by atoms with Gasteiger partial charge in [0.25, 0.3) is 0 Å². The summed E-state index contributed by atoms with van der Waals surface area (Å²) in [5.41, 5.74) is 5.49. The molecule has 3 heterocycles. The molecule has 3 N–H and O–H groups in total. The van der Waals surface area contributed by atoms with Crippen LogP contribution in [-0.2, 0) is 20.7 Å². The zero-order chi connectivity index (χ0) is 23.5. The third-order valence-corrected chi connectivity index (χ3v) is 7.35. The van der Waals surface area contributed by atoms with Crippen molar-refractivity contribution in [1.82, 2.24) is 19.9 Å². The molecule has 2 saturated carbocycles. The molecule has 3 aliphatic rings. The highest BCUT2D eigenvalue weighted by atomic mass is 19.4. The lowest BCUT2D eigenvalue weighted by Gasteiger charge is -2.30. The third-order valence-electron chi connectivity index (χ3n) is 7.35. The molecule has 8 nitrogen and oxygen atoms in total. The summed E-state index contributed by atoms with van der Waals surface area (Å²) in [6.07, 6.45) is 1.11. The number of imidazole rings is 1. The largest absolute Gasteiger partial charge is 0.468 e. The molecule has 2 aromatic heterocycles. The number of ether oxygens (including phenoxy) is 1. The van der Waals surface area contributed by atoms with E-state index in [9.17, 15) is 22.8 Å². The summed E-state index contributed by atoms with van der Waals surface area (Å²) in [7, 11) is 0.972. The van der Waals surface area contributed by atoms with Crippen LogP contribution in [0.3, 0.4) is 0 Å². The molecule has 0 bridgehead atoms. The predicted octanol–water partition coefficient (Wildman–Crippen LogP) is 2.18. The minimum Gasteiger partial charge on any atom is -0.468 e. The fourth-order valence-electron chi connectivity index (χ4n) is 5.38. The molecule has 2 unspecified atom stereocenters. The van der Waals surface area contributed by atoms with Crippen molar-refractivity contribution in [2.45, 2.75) is 44.3 Å². The molecule has 0 aromatic carbocycles. The second kappa shape index (κ2) is 7.68. The number of nitrogens with zero attached hydrogens (tertiary/aromatic N) is 3. The SMILES string of the molecule is COC(=O)C1(Cc2ccc3nc([C@@H](N)C(C4CC4)C4CC4)cn3n2)C(=O)NCC1C(F)(F)F. The van der Waals surface area contributed by atoms with Gasteiger partial charge in [-0.15, -0.1) is 0 Å². The van der Waals surface area contributed by atoms with Gasteiger partial charge in [0.05, 0.1) is 36.7 Å². The van der Waals surface area contributed by atoms with Crippen LogP contribution in [0.15, 0.2) is 18.3 Å². The number of nitrogens with two attached hydrogens (primary N) is 1. The van der Waals surface area contributed by atoms with E-state index in [1.165, 1.54) is 36.3 Å². The van der Waals surface area contributed by atoms with Crippen LogP contribution in [-0.4, -0.2) is 46.3 Å². The molecule has 1 saturated heterocycles. The molecule has 3 fully saturated rings. The number of carbonyl (C=O) groups excluding carboxylic acids is 2. The average molecular weight is 465 g/mol. The first-order chi connectivity index (χ1) is 15.6. The van der Waals surface area contributed by atoms with Gasteiger partial charge in [-0.1, -0.05) is 0 Å². The van der Waals surface area contributed by atoms with E-state index in [4.69, 9.17) is 5.73 Å². The third kappa shape index (κ3) is 3.75. The van der Waals surface area contributed by atoms with E-state index >= 15 is 0 Å². The Morgan fingerprint density at radius 3 is 2.55 bits per heavy atom. The highest BCUT2D eigenvalue weighted by molar-refractivity contribution is 6.05. The molecule has 33 heavy (non-hydrogen) atoms. The van der Waals surface area contributed by atoms with Crippen molar-refractivity contribution < 1.29 is 27.5 Å². The van der Waals surface area contributed by atoms with Gasteiger partial charge in [-0.05, 0) is 55.6 Å². The van der Waals surface area contributed by atoms with Crippen LogP contribution in [0.2, 0.25) is 0 Å². The average Bonchev–Trinajstić information content (AvgIpc) is 3.70. The van der Waals surface area contributed by atoms with E-state index in [-0.39, 0.29) is 11.7 Å². The first-order valence-electron chi connectivity index (χ1n) is 11.2. The smallest absolute Gasteiger partial charge is 0.395 e. The van der Waals surface area contributed by atoms with Gasteiger partial charge in [-0.3, -0.25) is 9.59 Å². The summed E-state index contributed by atoms with van der Waals surface area (Å²) in [6.45, 7) is -0.687. The second-order valence-corrected chi connectivity index (χ2v) is 9.52. The maximum Gasteiger partial charge on any atom is 0.395 e. The first-order valence-corrected chi connectivity index (χ1v) is 11.2. The van der Waals surface area contributed by atoms with Crippen molar-refractivity contribution in [2.75, 3.05) is 13.7 Å². The number of fused-ring (bicyclic) bond motifs is 1. The topological polar surface area (TPSA) is 112 Å². The molecular weight excluding hydrogens is 439 g/mol. The summed E-state index contributed by atoms with van der Waals surface area (Å²) in [6, 6.07) is 2.87. The van der Waals surface area contributed by atoms with Gasteiger partial charge in [0.15, 0.2) is 11.1 Å². The van der Waals surface area contributed by atoms with Gasteiger partial charge in [-0.25, -0.2) is 9.50 Å². The van der Waals surface area contributed by atoms with Crippen molar-refractivity contribution in [1.29, 1.82) is 0 Å². The lowest BCUT2D eigenvalue weighted by Crippen LogP contribution is -2.50. The fourth-order valence-corrected chi connectivity index (χ4v) is 5.38. The van der Waals surface area contributed by atoms with Crippen molar-refractivity contribution in [3.8, 4) is 0 Å². The monoisotopic (exact) mass is 465 g/mol. The van der Waals surface area contributed by atoms with E-state index in [1.54, 1.807) is 12.3 Å². The number of hydrogen-bond donors (Lipinski definition) is 2. The van der Waals surface area contributed by atoms with Gasteiger partial charge in [0, 0.05) is 13.0 Å². The Labute approximate surface area is 188 Å². The van der Waals surface area contributed by atoms with Crippen molar-refractivity contribution in [3.63, 3.8) is 0 Å². The Morgan fingerprint density at radius 1 is 1.30 bits per heavy atom. The van der Waals surface area contributed by atoms with Gasteiger partial charge in [0.2, 0.25) is 5.91 Å². The number of alkyl halides is 3. The summed E-state index contributed by atoms with van der Waals surface area (Å²) in [4.78, 5) is 29.7. The highest BCUT2D eigenvalue weighted by Crippen LogP contribution is 2.53. The molecule has 2 aromatic rings. The second-order valence-electron chi connectivity index (χ2n) is 9.52. The van der Waals surface area contributed by atoms with Gasteiger partial charge < -0.3 is 15.8 Å². The molecule has 0 radical (unpaired) electrons. The Kier molecular flexibility index (Phi) is 5.15. The van der Waals surface area contributed by atoms with Gasteiger partial charge in [-0.2, -0.15) is 18.3 Å². The van der Waals surface area contributed by atoms with Crippen LogP contribution in [0.4, 0.5) is 13.2 Å². The van der Waals surface area contributed by atoms with E-state index < -0.39 is 42.4 Å². The zero-order valence-electron chi connectivity index (χ0n) is 18.1. The summed E-state index contributed by atoms with van der Waals surface area (Å²) >= 11 is 0. The van der Waals surface area contributed by atoms with Crippen LogP contribution < -0.4 is 11.1 Å². The Morgan fingerprint density at radius 2 is 1.97 bits per heavy atom. The standard InChI is InChI=1S/C22H26F3N5O3/c1-33-20(32)21(15(22(23,24)25)9-27-19(21)31)8-13-6-7-16-28-14(10-30(16)29-13)18(26)17(11-2-3-11)12-4-5-12/h6-7,10-12,15,17-18H,2-5,8-9,26H2,1H3,(H,27,31)/t15?,18-,21?/m1/s1. The number of aromatic nitrogens is 3. The van der Waals surface area contributed by atoms with Gasteiger partial charge in [0.1, 0.15) is 0 Å². The number of amides is 1. The summed E-state index contributed by atoms with van der Waals surface area (Å²) in [5.74, 6) is -2.82. The minimum atomic E-state index is -4.77. The van der Waals surface area contributed by atoms with E-state index in [0.29, 0.717) is 29.1 Å². The molecule has 178 valence electrons. The Balaban J connectivity index is 1.46. The van der Waals surface area contributed by atoms with Crippen molar-refractivity contribution in [2.24, 2.45) is 34.8 Å².